The van der Waals surface area contributed by atoms with Crippen LogP contribution in [0.4, 0.5) is 5.69 Å². The molecule has 0 aliphatic heterocycles. The van der Waals surface area contributed by atoms with E-state index < -0.39 is 0 Å². The van der Waals surface area contributed by atoms with Gasteiger partial charge in [0.1, 0.15) is 0 Å². The quantitative estimate of drug-likeness (QED) is 0.591. The summed E-state index contributed by atoms with van der Waals surface area (Å²) < 4.78 is 0. The van der Waals surface area contributed by atoms with Gasteiger partial charge in [0.05, 0.1) is 0 Å². The number of hydrogen-bond donors (Lipinski definition) is 1. The first kappa shape index (κ1) is 10.5. The van der Waals surface area contributed by atoms with Gasteiger partial charge >= 0.3 is 0 Å². The van der Waals surface area contributed by atoms with Crippen LogP contribution < -0.4 is 5.73 Å². The number of rotatable bonds is 2. The van der Waals surface area contributed by atoms with Crippen molar-refractivity contribution in [3.8, 4) is 0 Å². The van der Waals surface area contributed by atoms with Gasteiger partial charge in [-0.1, -0.05) is 48.6 Å². The summed E-state index contributed by atoms with van der Waals surface area (Å²) in [7, 11) is 0. The molecule has 0 fully saturated rings. The Morgan fingerprint density at radius 2 is 1.56 bits per heavy atom. The molecule has 1 heteroatoms. The van der Waals surface area contributed by atoms with Crippen LogP contribution in [0.2, 0.25) is 0 Å². The van der Waals surface area contributed by atoms with Crippen LogP contribution in [-0.2, 0) is 0 Å². The minimum absolute atomic E-state index is 0.799. The minimum Gasteiger partial charge on any atom is -0.399 e. The van der Waals surface area contributed by atoms with Crippen molar-refractivity contribution in [1.82, 2.24) is 0 Å². The van der Waals surface area contributed by atoms with Gasteiger partial charge in [-0.3, -0.25) is 0 Å². The van der Waals surface area contributed by atoms with E-state index in [9.17, 15) is 0 Å². The van der Waals surface area contributed by atoms with Crippen molar-refractivity contribution >= 4 is 17.8 Å². The average Bonchev–Trinajstić information content (AvgIpc) is 2.30. The summed E-state index contributed by atoms with van der Waals surface area (Å²) in [6, 6.07) is 16.2. The molecule has 0 bridgehead atoms. The Balaban J connectivity index is 2.21. The molecule has 0 spiro atoms. The maximum Gasteiger partial charge on any atom is 0.0314 e. The zero-order valence-corrected chi connectivity index (χ0v) is 9.35. The van der Waals surface area contributed by atoms with Crippen molar-refractivity contribution < 1.29 is 0 Å². The van der Waals surface area contributed by atoms with E-state index in [1.54, 1.807) is 0 Å². The van der Waals surface area contributed by atoms with Crippen LogP contribution in [0, 0.1) is 6.92 Å². The standard InChI is InChI=1S/C15H15N/c1-12-4-2-3-5-14(12)9-6-13-7-10-15(16)11-8-13/h2-11H,16H2,1H3. The van der Waals surface area contributed by atoms with Gasteiger partial charge in [-0.15, -0.1) is 0 Å². The Labute approximate surface area is 96.2 Å². The summed E-state index contributed by atoms with van der Waals surface area (Å²) in [4.78, 5) is 0. The molecule has 16 heavy (non-hydrogen) atoms. The van der Waals surface area contributed by atoms with Crippen LogP contribution in [0.3, 0.4) is 0 Å². The zero-order chi connectivity index (χ0) is 11.4. The largest absolute Gasteiger partial charge is 0.399 e. The molecule has 0 atom stereocenters. The molecule has 0 aliphatic rings. The van der Waals surface area contributed by atoms with Crippen molar-refractivity contribution in [2.75, 3.05) is 5.73 Å². The van der Waals surface area contributed by atoms with Gasteiger partial charge in [0, 0.05) is 5.69 Å². The van der Waals surface area contributed by atoms with Crippen LogP contribution >= 0.6 is 0 Å². The highest BCUT2D eigenvalue weighted by Gasteiger charge is 1.91. The predicted octanol–water partition coefficient (Wildman–Crippen LogP) is 3.75. The average molecular weight is 209 g/mol. The molecule has 0 aromatic heterocycles. The lowest BCUT2D eigenvalue weighted by atomic mass is 10.1. The number of nitrogen functional groups attached to an aromatic ring is 1. The van der Waals surface area contributed by atoms with Gasteiger partial charge in [-0.2, -0.15) is 0 Å². The van der Waals surface area contributed by atoms with E-state index in [-0.39, 0.29) is 0 Å². The molecule has 0 aliphatic carbocycles. The molecule has 2 aromatic rings. The van der Waals surface area contributed by atoms with Crippen LogP contribution in [-0.4, -0.2) is 0 Å². The lowest BCUT2D eigenvalue weighted by Crippen LogP contribution is -1.83. The number of aryl methyl sites for hydroxylation is 1. The third-order valence-corrected chi connectivity index (χ3v) is 2.58. The van der Waals surface area contributed by atoms with Crippen LogP contribution in [0.15, 0.2) is 48.5 Å². The minimum atomic E-state index is 0.799. The number of anilines is 1. The fourth-order valence-corrected chi connectivity index (χ4v) is 1.57. The summed E-state index contributed by atoms with van der Waals surface area (Å²) in [5, 5.41) is 0. The van der Waals surface area contributed by atoms with Crippen LogP contribution in [0.25, 0.3) is 12.2 Å². The van der Waals surface area contributed by atoms with E-state index in [0.717, 1.165) is 11.3 Å². The van der Waals surface area contributed by atoms with E-state index in [1.807, 2.05) is 24.3 Å². The second-order valence-corrected chi connectivity index (χ2v) is 3.86. The smallest absolute Gasteiger partial charge is 0.0314 e. The number of benzene rings is 2. The molecule has 2 aromatic carbocycles. The van der Waals surface area contributed by atoms with Crippen molar-refractivity contribution in [3.05, 3.63) is 65.2 Å². The summed E-state index contributed by atoms with van der Waals surface area (Å²) in [6.45, 7) is 2.11. The molecule has 1 nitrogen and oxygen atoms in total. The van der Waals surface area contributed by atoms with Gasteiger partial charge < -0.3 is 5.73 Å². The molecule has 0 saturated carbocycles. The fourth-order valence-electron chi connectivity index (χ4n) is 1.57. The Morgan fingerprint density at radius 3 is 2.25 bits per heavy atom. The van der Waals surface area contributed by atoms with Crippen molar-refractivity contribution in [2.45, 2.75) is 6.92 Å². The highest BCUT2D eigenvalue weighted by molar-refractivity contribution is 5.71. The summed E-state index contributed by atoms with van der Waals surface area (Å²) in [5.41, 5.74) is 10.1. The molecule has 2 rings (SSSR count). The van der Waals surface area contributed by atoms with Crippen LogP contribution in [0.5, 0.6) is 0 Å². The lowest BCUT2D eigenvalue weighted by Gasteiger charge is -1.99. The first-order valence-electron chi connectivity index (χ1n) is 5.35. The van der Waals surface area contributed by atoms with Gasteiger partial charge in [0.2, 0.25) is 0 Å². The second kappa shape index (κ2) is 4.67. The Kier molecular flexibility index (Phi) is 3.06. The van der Waals surface area contributed by atoms with Gasteiger partial charge in [0.15, 0.2) is 0 Å². The third kappa shape index (κ3) is 2.51. The number of hydrogen-bond acceptors (Lipinski definition) is 1. The van der Waals surface area contributed by atoms with E-state index in [1.165, 1.54) is 11.1 Å². The summed E-state index contributed by atoms with van der Waals surface area (Å²) in [5.74, 6) is 0. The molecular weight excluding hydrogens is 194 g/mol. The van der Waals surface area contributed by atoms with E-state index in [4.69, 9.17) is 5.73 Å². The Morgan fingerprint density at radius 1 is 0.875 bits per heavy atom. The maximum atomic E-state index is 5.63. The third-order valence-electron chi connectivity index (χ3n) is 2.58. The maximum absolute atomic E-state index is 5.63. The fraction of sp³-hybridized carbons (Fsp3) is 0.0667. The zero-order valence-electron chi connectivity index (χ0n) is 9.35. The Bertz CT molecular complexity index is 495. The highest BCUT2D eigenvalue weighted by Crippen LogP contribution is 2.13. The second-order valence-electron chi connectivity index (χ2n) is 3.86. The SMILES string of the molecule is Cc1ccccc1C=Cc1ccc(N)cc1. The van der Waals surface area contributed by atoms with E-state index in [0.29, 0.717) is 0 Å². The molecule has 0 heterocycles. The summed E-state index contributed by atoms with van der Waals surface area (Å²) in [6.07, 6.45) is 4.22. The molecule has 0 radical (unpaired) electrons. The van der Waals surface area contributed by atoms with Crippen molar-refractivity contribution in [1.29, 1.82) is 0 Å². The monoisotopic (exact) mass is 209 g/mol. The predicted molar refractivity (Wildman–Crippen MR) is 71.0 cm³/mol. The van der Waals surface area contributed by atoms with Gasteiger partial charge in [-0.05, 0) is 35.7 Å². The Hall–Kier alpha value is -2.02. The molecule has 0 unspecified atom stereocenters. The van der Waals surface area contributed by atoms with Crippen molar-refractivity contribution in [3.63, 3.8) is 0 Å². The topological polar surface area (TPSA) is 26.0 Å². The number of nitrogens with two attached hydrogens (primary N) is 1. The van der Waals surface area contributed by atoms with Crippen LogP contribution in [0.1, 0.15) is 16.7 Å². The van der Waals surface area contributed by atoms with Gasteiger partial charge in [0.25, 0.3) is 0 Å². The van der Waals surface area contributed by atoms with Crippen molar-refractivity contribution in [2.24, 2.45) is 0 Å². The van der Waals surface area contributed by atoms with E-state index >= 15 is 0 Å². The lowest BCUT2D eigenvalue weighted by molar-refractivity contribution is 1.45. The molecule has 2 N–H and O–H groups in total. The molecule has 0 amide bonds. The first-order chi connectivity index (χ1) is 7.75. The molecule has 0 saturated heterocycles. The molecule has 80 valence electrons. The first-order valence-corrected chi connectivity index (χ1v) is 5.35. The summed E-state index contributed by atoms with van der Waals surface area (Å²) >= 11 is 0. The normalized spacial score (nSPS) is 10.8. The van der Waals surface area contributed by atoms with E-state index in [2.05, 4.69) is 43.3 Å². The van der Waals surface area contributed by atoms with Gasteiger partial charge in [-0.25, -0.2) is 0 Å². The molecular formula is C15H15N. The highest BCUT2D eigenvalue weighted by atomic mass is 14.5.